The van der Waals surface area contributed by atoms with Gasteiger partial charge in [-0.3, -0.25) is 0 Å². The molecule has 0 bridgehead atoms. The van der Waals surface area contributed by atoms with Gasteiger partial charge >= 0.3 is 11.9 Å². The van der Waals surface area contributed by atoms with Crippen LogP contribution >= 0.6 is 0 Å². The Morgan fingerprint density at radius 1 is 0.955 bits per heavy atom. The highest BCUT2D eigenvalue weighted by Gasteiger charge is 2.13. The number of ether oxygens (including phenoxy) is 3. The van der Waals surface area contributed by atoms with Crippen LogP contribution < -0.4 is 9.47 Å². The summed E-state index contributed by atoms with van der Waals surface area (Å²) in [6.07, 6.45) is 0. The summed E-state index contributed by atoms with van der Waals surface area (Å²) < 4.78 is 15.1. The summed E-state index contributed by atoms with van der Waals surface area (Å²) in [4.78, 5) is 22.5. The second kappa shape index (κ2) is 6.62. The van der Waals surface area contributed by atoms with E-state index in [0.29, 0.717) is 17.1 Å². The molecule has 2 rings (SSSR count). The third kappa shape index (κ3) is 3.35. The molecule has 6 nitrogen and oxygen atoms in total. The van der Waals surface area contributed by atoms with Crippen LogP contribution in [0.1, 0.15) is 20.7 Å². The molecule has 0 saturated heterocycles. The van der Waals surface area contributed by atoms with Crippen molar-refractivity contribution in [2.24, 2.45) is 0 Å². The van der Waals surface area contributed by atoms with Gasteiger partial charge in [-0.25, -0.2) is 9.59 Å². The third-order valence-corrected chi connectivity index (χ3v) is 2.91. The number of methoxy groups -OCH3 is 2. The van der Waals surface area contributed by atoms with Gasteiger partial charge in [0.2, 0.25) is 0 Å². The van der Waals surface area contributed by atoms with Crippen molar-refractivity contribution >= 4 is 11.9 Å². The lowest BCUT2D eigenvalue weighted by Gasteiger charge is -2.09. The Labute approximate surface area is 126 Å². The van der Waals surface area contributed by atoms with Crippen LogP contribution in [-0.2, 0) is 4.74 Å². The van der Waals surface area contributed by atoms with E-state index in [1.54, 1.807) is 30.3 Å². The van der Waals surface area contributed by atoms with Crippen molar-refractivity contribution < 1.29 is 28.9 Å². The van der Waals surface area contributed by atoms with E-state index in [1.807, 2.05) is 0 Å². The van der Waals surface area contributed by atoms with E-state index < -0.39 is 11.9 Å². The van der Waals surface area contributed by atoms with E-state index in [0.717, 1.165) is 0 Å². The Balaban J connectivity index is 2.22. The van der Waals surface area contributed by atoms with Gasteiger partial charge < -0.3 is 19.3 Å². The quantitative estimate of drug-likeness (QED) is 0.855. The second-order valence-corrected chi connectivity index (χ2v) is 4.29. The molecule has 0 atom stereocenters. The molecular weight excluding hydrogens is 288 g/mol. The molecule has 6 heteroatoms. The van der Waals surface area contributed by atoms with Crippen LogP contribution in [0.3, 0.4) is 0 Å². The summed E-state index contributed by atoms with van der Waals surface area (Å²) in [6.45, 7) is 0. The van der Waals surface area contributed by atoms with Gasteiger partial charge in [-0.1, -0.05) is 0 Å². The monoisotopic (exact) mass is 302 g/mol. The predicted molar refractivity (Wildman–Crippen MR) is 77.8 cm³/mol. The fourth-order valence-corrected chi connectivity index (χ4v) is 1.83. The molecule has 2 aromatic carbocycles. The van der Waals surface area contributed by atoms with Gasteiger partial charge in [0.05, 0.1) is 19.8 Å². The Morgan fingerprint density at radius 3 is 2.14 bits per heavy atom. The number of benzene rings is 2. The molecule has 0 radical (unpaired) electrons. The summed E-state index contributed by atoms with van der Waals surface area (Å²) in [5, 5.41) is 9.12. The van der Waals surface area contributed by atoms with Gasteiger partial charge in [-0.15, -0.1) is 0 Å². The lowest BCUT2D eigenvalue weighted by molar-refractivity contribution is 0.0599. The third-order valence-electron chi connectivity index (χ3n) is 2.91. The molecule has 0 amide bonds. The molecule has 0 saturated carbocycles. The maximum absolute atomic E-state index is 11.3. The molecular formula is C16H14O6. The number of rotatable bonds is 5. The second-order valence-electron chi connectivity index (χ2n) is 4.29. The molecule has 0 unspecified atom stereocenters. The number of carboxylic acid groups (broad SMARTS) is 1. The summed E-state index contributed by atoms with van der Waals surface area (Å²) in [6, 6.07) is 10.8. The molecule has 2 aromatic rings. The molecule has 0 fully saturated rings. The first-order valence-corrected chi connectivity index (χ1v) is 6.32. The van der Waals surface area contributed by atoms with Crippen LogP contribution in [0.15, 0.2) is 42.5 Å². The molecule has 0 aliphatic heterocycles. The van der Waals surface area contributed by atoms with Crippen molar-refractivity contribution in [3.05, 3.63) is 53.6 Å². The van der Waals surface area contributed by atoms with Crippen LogP contribution in [-0.4, -0.2) is 31.3 Å². The van der Waals surface area contributed by atoms with Crippen molar-refractivity contribution in [2.75, 3.05) is 14.2 Å². The highest BCUT2D eigenvalue weighted by Crippen LogP contribution is 2.28. The topological polar surface area (TPSA) is 82.1 Å². The van der Waals surface area contributed by atoms with Gasteiger partial charge in [0, 0.05) is 0 Å². The van der Waals surface area contributed by atoms with E-state index in [4.69, 9.17) is 14.6 Å². The maximum atomic E-state index is 11.3. The maximum Gasteiger partial charge on any atom is 0.339 e. The number of carboxylic acids is 1. The van der Waals surface area contributed by atoms with E-state index in [2.05, 4.69) is 4.74 Å². The Morgan fingerprint density at radius 2 is 1.59 bits per heavy atom. The lowest BCUT2D eigenvalue weighted by Crippen LogP contribution is -2.01. The van der Waals surface area contributed by atoms with Gasteiger partial charge in [-0.2, -0.15) is 0 Å². The van der Waals surface area contributed by atoms with E-state index in [1.165, 1.54) is 26.4 Å². The van der Waals surface area contributed by atoms with E-state index in [-0.39, 0.29) is 11.3 Å². The Hall–Kier alpha value is -3.02. The van der Waals surface area contributed by atoms with Gasteiger partial charge in [0.25, 0.3) is 0 Å². The van der Waals surface area contributed by atoms with Crippen LogP contribution in [0.2, 0.25) is 0 Å². The van der Waals surface area contributed by atoms with Crippen molar-refractivity contribution in [2.45, 2.75) is 0 Å². The molecule has 0 spiro atoms. The number of hydrogen-bond donors (Lipinski definition) is 1. The normalized spacial score (nSPS) is 9.91. The van der Waals surface area contributed by atoms with Crippen LogP contribution in [0.4, 0.5) is 0 Å². The molecule has 0 aliphatic carbocycles. The van der Waals surface area contributed by atoms with Gasteiger partial charge in [0.15, 0.2) is 0 Å². The number of carbonyl (C=O) groups is 2. The Kier molecular flexibility index (Phi) is 4.63. The van der Waals surface area contributed by atoms with Crippen molar-refractivity contribution in [1.29, 1.82) is 0 Å². The fraction of sp³-hybridized carbons (Fsp3) is 0.125. The summed E-state index contributed by atoms with van der Waals surface area (Å²) >= 11 is 0. The summed E-state index contributed by atoms with van der Waals surface area (Å²) in [5.74, 6) is -0.480. The first kappa shape index (κ1) is 15.4. The largest absolute Gasteiger partial charge is 0.496 e. The van der Waals surface area contributed by atoms with Crippen molar-refractivity contribution in [1.82, 2.24) is 0 Å². The standard InChI is InChI=1S/C16H14O6/c1-20-14-8-7-12(9-13(14)15(17)18)22-11-5-3-10(4-6-11)16(19)21-2/h3-9H,1-2H3,(H,17,18). The van der Waals surface area contributed by atoms with Gasteiger partial charge in [0.1, 0.15) is 22.8 Å². The zero-order chi connectivity index (χ0) is 16.1. The SMILES string of the molecule is COC(=O)c1ccc(Oc2ccc(OC)c(C(=O)O)c2)cc1. The number of carbonyl (C=O) groups excluding carboxylic acids is 1. The number of aromatic carboxylic acids is 1. The number of esters is 1. The predicted octanol–water partition coefficient (Wildman–Crippen LogP) is 2.97. The number of hydrogen-bond acceptors (Lipinski definition) is 5. The molecule has 0 aromatic heterocycles. The highest BCUT2D eigenvalue weighted by molar-refractivity contribution is 5.91. The smallest absolute Gasteiger partial charge is 0.339 e. The average Bonchev–Trinajstić information content (AvgIpc) is 2.54. The summed E-state index contributed by atoms with van der Waals surface area (Å²) in [7, 11) is 2.70. The highest BCUT2D eigenvalue weighted by atomic mass is 16.5. The fourth-order valence-electron chi connectivity index (χ4n) is 1.83. The molecule has 22 heavy (non-hydrogen) atoms. The van der Waals surface area contributed by atoms with Crippen molar-refractivity contribution in [3.63, 3.8) is 0 Å². The summed E-state index contributed by atoms with van der Waals surface area (Å²) in [5.41, 5.74) is 0.405. The Bertz CT molecular complexity index is 690. The lowest BCUT2D eigenvalue weighted by atomic mass is 10.2. The minimum absolute atomic E-state index is 0.00572. The zero-order valence-corrected chi connectivity index (χ0v) is 12.0. The first-order chi connectivity index (χ1) is 10.5. The van der Waals surface area contributed by atoms with Crippen LogP contribution in [0, 0.1) is 0 Å². The minimum atomic E-state index is -1.11. The first-order valence-electron chi connectivity index (χ1n) is 6.32. The molecule has 0 aliphatic rings. The molecule has 114 valence electrons. The van der Waals surface area contributed by atoms with Crippen LogP contribution in [0.25, 0.3) is 0 Å². The van der Waals surface area contributed by atoms with E-state index in [9.17, 15) is 9.59 Å². The average molecular weight is 302 g/mol. The zero-order valence-electron chi connectivity index (χ0n) is 12.0. The molecule has 0 heterocycles. The van der Waals surface area contributed by atoms with Gasteiger partial charge in [-0.05, 0) is 42.5 Å². The van der Waals surface area contributed by atoms with Crippen LogP contribution in [0.5, 0.6) is 17.2 Å². The minimum Gasteiger partial charge on any atom is -0.496 e. The van der Waals surface area contributed by atoms with Crippen molar-refractivity contribution in [3.8, 4) is 17.2 Å². The van der Waals surface area contributed by atoms with E-state index >= 15 is 0 Å². The molecule has 1 N–H and O–H groups in total.